The molecule has 0 aromatic carbocycles. The molecule has 62 valence electrons. The fourth-order valence-electron chi connectivity index (χ4n) is 1.76. The number of amides is 1. The van der Waals surface area contributed by atoms with Crippen LogP contribution in [0.15, 0.2) is 0 Å². The van der Waals surface area contributed by atoms with E-state index in [0.717, 1.165) is 6.42 Å². The van der Waals surface area contributed by atoms with Gasteiger partial charge >= 0.3 is 0 Å². The van der Waals surface area contributed by atoms with Crippen molar-refractivity contribution >= 4 is 5.91 Å². The molecule has 2 saturated heterocycles. The zero-order chi connectivity index (χ0) is 8.01. The maximum Gasteiger partial charge on any atom is 0.230 e. The van der Waals surface area contributed by atoms with Gasteiger partial charge < -0.3 is 9.64 Å². The average molecular weight is 155 g/mol. The highest BCUT2D eigenvalue weighted by molar-refractivity contribution is 5.81. The summed E-state index contributed by atoms with van der Waals surface area (Å²) in [6.45, 7) is 2.70. The maximum absolute atomic E-state index is 11.4. The van der Waals surface area contributed by atoms with Gasteiger partial charge in [-0.3, -0.25) is 4.79 Å². The molecule has 0 spiro atoms. The van der Waals surface area contributed by atoms with E-state index in [1.54, 1.807) is 0 Å². The molecule has 0 aromatic rings. The lowest BCUT2D eigenvalue weighted by Gasteiger charge is -2.46. The maximum atomic E-state index is 11.4. The third-order valence-electron chi connectivity index (χ3n) is 2.84. The number of fused-ring (bicyclic) bond motifs is 1. The predicted molar refractivity (Wildman–Crippen MR) is 40.1 cm³/mol. The van der Waals surface area contributed by atoms with E-state index in [4.69, 9.17) is 4.74 Å². The van der Waals surface area contributed by atoms with E-state index in [-0.39, 0.29) is 17.9 Å². The second-order valence-electron chi connectivity index (χ2n) is 3.51. The molecule has 2 heterocycles. The van der Waals surface area contributed by atoms with Crippen molar-refractivity contribution in [1.29, 1.82) is 0 Å². The smallest absolute Gasteiger partial charge is 0.230 e. The van der Waals surface area contributed by atoms with Crippen LogP contribution in [-0.4, -0.2) is 36.6 Å². The Morgan fingerprint density at radius 3 is 2.91 bits per heavy atom. The second-order valence-corrected chi connectivity index (χ2v) is 3.51. The molecule has 2 aliphatic rings. The first kappa shape index (κ1) is 7.10. The van der Waals surface area contributed by atoms with Crippen LogP contribution in [0.1, 0.15) is 13.3 Å². The standard InChI is InChI=1S/C8H13NO2/c1-5-3-7-6(4-11-7)8(10)9(5)2/h5-7H,3-4H2,1-2H3. The Morgan fingerprint density at radius 1 is 1.64 bits per heavy atom. The Kier molecular flexibility index (Phi) is 1.42. The largest absolute Gasteiger partial charge is 0.376 e. The summed E-state index contributed by atoms with van der Waals surface area (Å²) in [5, 5.41) is 0. The molecule has 2 rings (SSSR count). The van der Waals surface area contributed by atoms with Crippen LogP contribution in [0.5, 0.6) is 0 Å². The molecule has 0 radical (unpaired) electrons. The molecule has 1 amide bonds. The van der Waals surface area contributed by atoms with Crippen molar-refractivity contribution < 1.29 is 9.53 Å². The summed E-state index contributed by atoms with van der Waals surface area (Å²) in [5.41, 5.74) is 0. The minimum absolute atomic E-state index is 0.177. The van der Waals surface area contributed by atoms with Crippen LogP contribution in [0, 0.1) is 5.92 Å². The van der Waals surface area contributed by atoms with Crippen molar-refractivity contribution in [3.05, 3.63) is 0 Å². The normalized spacial score (nSPS) is 43.3. The van der Waals surface area contributed by atoms with Crippen molar-refractivity contribution in [2.24, 2.45) is 5.92 Å². The van der Waals surface area contributed by atoms with Gasteiger partial charge in [0.15, 0.2) is 0 Å². The monoisotopic (exact) mass is 155 g/mol. The average Bonchev–Trinajstić information content (AvgIpc) is 1.93. The Labute approximate surface area is 66.3 Å². The van der Waals surface area contributed by atoms with Gasteiger partial charge in [0.1, 0.15) is 0 Å². The van der Waals surface area contributed by atoms with Gasteiger partial charge in [0, 0.05) is 13.1 Å². The first-order chi connectivity index (χ1) is 5.20. The van der Waals surface area contributed by atoms with E-state index in [0.29, 0.717) is 12.6 Å². The fourth-order valence-corrected chi connectivity index (χ4v) is 1.76. The number of carbonyl (C=O) groups excluding carboxylic acids is 1. The van der Waals surface area contributed by atoms with Gasteiger partial charge in [-0.1, -0.05) is 0 Å². The molecule has 11 heavy (non-hydrogen) atoms. The van der Waals surface area contributed by atoms with E-state index in [1.165, 1.54) is 0 Å². The predicted octanol–water partition coefficient (Wildman–Crippen LogP) is 0.252. The summed E-state index contributed by atoms with van der Waals surface area (Å²) < 4.78 is 5.28. The van der Waals surface area contributed by atoms with Crippen molar-refractivity contribution in [1.82, 2.24) is 4.90 Å². The number of hydrogen-bond donors (Lipinski definition) is 0. The number of likely N-dealkylation sites (tertiary alicyclic amines) is 1. The van der Waals surface area contributed by atoms with Gasteiger partial charge in [0.2, 0.25) is 5.91 Å². The molecule has 3 nitrogen and oxygen atoms in total. The van der Waals surface area contributed by atoms with Crippen LogP contribution >= 0.6 is 0 Å². The van der Waals surface area contributed by atoms with E-state index < -0.39 is 0 Å². The minimum Gasteiger partial charge on any atom is -0.376 e. The Hall–Kier alpha value is -0.570. The Morgan fingerprint density at radius 2 is 2.36 bits per heavy atom. The molecular weight excluding hydrogens is 142 g/mol. The molecule has 3 unspecified atom stereocenters. The zero-order valence-electron chi connectivity index (χ0n) is 6.91. The summed E-state index contributed by atoms with van der Waals surface area (Å²) in [4.78, 5) is 13.3. The van der Waals surface area contributed by atoms with E-state index in [2.05, 4.69) is 6.92 Å². The molecule has 0 aliphatic carbocycles. The number of carbonyl (C=O) groups is 1. The minimum atomic E-state index is 0.177. The molecule has 0 aromatic heterocycles. The van der Waals surface area contributed by atoms with Gasteiger partial charge in [-0.2, -0.15) is 0 Å². The van der Waals surface area contributed by atoms with Crippen LogP contribution in [0.4, 0.5) is 0 Å². The number of piperidine rings is 1. The van der Waals surface area contributed by atoms with Crippen molar-refractivity contribution in [2.75, 3.05) is 13.7 Å². The van der Waals surface area contributed by atoms with Gasteiger partial charge in [0.05, 0.1) is 18.6 Å². The van der Waals surface area contributed by atoms with Crippen molar-refractivity contribution in [3.8, 4) is 0 Å². The summed E-state index contributed by atoms with van der Waals surface area (Å²) >= 11 is 0. The molecule has 2 fully saturated rings. The van der Waals surface area contributed by atoms with Gasteiger partial charge in [0.25, 0.3) is 0 Å². The van der Waals surface area contributed by atoms with Crippen LogP contribution < -0.4 is 0 Å². The summed E-state index contributed by atoms with van der Waals surface area (Å²) in [5.74, 6) is 0.441. The lowest BCUT2D eigenvalue weighted by molar-refractivity contribution is -0.182. The molecule has 2 aliphatic heterocycles. The highest BCUT2D eigenvalue weighted by Gasteiger charge is 2.45. The van der Waals surface area contributed by atoms with Crippen LogP contribution in [0.2, 0.25) is 0 Å². The molecule has 3 atom stereocenters. The zero-order valence-corrected chi connectivity index (χ0v) is 6.91. The van der Waals surface area contributed by atoms with E-state index in [9.17, 15) is 4.79 Å². The molecule has 0 N–H and O–H groups in total. The van der Waals surface area contributed by atoms with Crippen LogP contribution in [0.3, 0.4) is 0 Å². The van der Waals surface area contributed by atoms with Gasteiger partial charge in [-0.25, -0.2) is 0 Å². The lowest BCUT2D eigenvalue weighted by Crippen LogP contribution is -2.58. The summed E-state index contributed by atoms with van der Waals surface area (Å²) in [7, 11) is 1.88. The van der Waals surface area contributed by atoms with E-state index in [1.807, 2.05) is 11.9 Å². The number of nitrogens with zero attached hydrogens (tertiary/aromatic N) is 1. The summed E-state index contributed by atoms with van der Waals surface area (Å²) in [6.07, 6.45) is 1.24. The number of hydrogen-bond acceptors (Lipinski definition) is 2. The molecule has 3 heteroatoms. The topological polar surface area (TPSA) is 29.5 Å². The highest BCUT2D eigenvalue weighted by atomic mass is 16.5. The molecular formula is C8H13NO2. The lowest BCUT2D eigenvalue weighted by atomic mass is 9.86. The van der Waals surface area contributed by atoms with Crippen LogP contribution in [0.25, 0.3) is 0 Å². The van der Waals surface area contributed by atoms with Crippen LogP contribution in [-0.2, 0) is 9.53 Å². The first-order valence-corrected chi connectivity index (χ1v) is 4.08. The SMILES string of the molecule is CC1CC2OCC2C(=O)N1C. The van der Waals surface area contributed by atoms with Gasteiger partial charge in [-0.15, -0.1) is 0 Å². The number of rotatable bonds is 0. The summed E-state index contributed by atoms with van der Waals surface area (Å²) in [6, 6.07) is 0.351. The number of ether oxygens (including phenoxy) is 1. The Balaban J connectivity index is 2.12. The third-order valence-corrected chi connectivity index (χ3v) is 2.84. The second kappa shape index (κ2) is 2.21. The van der Waals surface area contributed by atoms with Crippen molar-refractivity contribution in [3.63, 3.8) is 0 Å². The first-order valence-electron chi connectivity index (χ1n) is 4.08. The fraction of sp³-hybridized carbons (Fsp3) is 0.875. The third kappa shape index (κ3) is 0.872. The van der Waals surface area contributed by atoms with Crippen molar-refractivity contribution in [2.45, 2.75) is 25.5 Å². The van der Waals surface area contributed by atoms with Gasteiger partial charge in [-0.05, 0) is 13.3 Å². The highest BCUT2D eigenvalue weighted by Crippen LogP contribution is 2.32. The Bertz CT molecular complexity index is 185. The molecule has 0 saturated carbocycles. The molecule has 0 bridgehead atoms. The quantitative estimate of drug-likeness (QED) is 0.502. The van der Waals surface area contributed by atoms with E-state index >= 15 is 0 Å².